The molecule has 198 valence electrons. The minimum atomic E-state index is 0.774. The van der Waals surface area contributed by atoms with E-state index in [1.165, 1.54) is 61.9 Å². The molecule has 0 atom stereocenters. The van der Waals surface area contributed by atoms with E-state index in [9.17, 15) is 0 Å². The lowest BCUT2D eigenvalue weighted by atomic mass is 10.0. The van der Waals surface area contributed by atoms with Crippen molar-refractivity contribution in [3.05, 3.63) is 138 Å². The number of hydrogen-bond donors (Lipinski definition) is 0. The molecular weight excluding hydrogens is 570 g/mol. The van der Waals surface area contributed by atoms with Gasteiger partial charge in [-0.25, -0.2) is 0 Å². The van der Waals surface area contributed by atoms with Gasteiger partial charge in [-0.05, 0) is 88.3 Å². The molecule has 42 heavy (non-hydrogen) atoms. The first-order valence-electron chi connectivity index (χ1n) is 13.9. The van der Waals surface area contributed by atoms with Gasteiger partial charge in [0.2, 0.25) is 0 Å². The van der Waals surface area contributed by atoms with Gasteiger partial charge in [0.15, 0.2) is 0 Å². The van der Waals surface area contributed by atoms with Crippen LogP contribution in [0.3, 0.4) is 0 Å². The van der Waals surface area contributed by atoms with E-state index in [0.29, 0.717) is 0 Å². The average molecular weight is 592 g/mol. The number of rotatable bonds is 3. The molecule has 9 aromatic rings. The Morgan fingerprint density at radius 1 is 0.381 bits per heavy atom. The smallest absolute Gasteiger partial charge is 0.0468 e. The molecule has 0 saturated carbocycles. The highest BCUT2D eigenvalue weighted by molar-refractivity contribution is 7.26. The minimum absolute atomic E-state index is 0.774. The second kappa shape index (κ2) is 9.30. The minimum Gasteiger partial charge on any atom is -0.310 e. The fourth-order valence-corrected chi connectivity index (χ4v) is 8.77. The third-order valence-electron chi connectivity index (χ3n) is 8.28. The Kier molecular flexibility index (Phi) is 5.36. The van der Waals surface area contributed by atoms with Crippen LogP contribution in [0.25, 0.3) is 61.9 Å². The van der Waals surface area contributed by atoms with Crippen molar-refractivity contribution in [3.8, 4) is 0 Å². The maximum Gasteiger partial charge on any atom is 0.0468 e. The number of fused-ring (bicyclic) bond motifs is 9. The molecule has 0 fully saturated rings. The first-order valence-corrected chi connectivity index (χ1v) is 16.0. The summed E-state index contributed by atoms with van der Waals surface area (Å²) in [6.45, 7) is 0. The molecule has 0 spiro atoms. The van der Waals surface area contributed by atoms with E-state index >= 15 is 0 Å². The second-order valence-electron chi connectivity index (χ2n) is 10.7. The summed E-state index contributed by atoms with van der Waals surface area (Å²) in [5, 5.41) is 10.9. The van der Waals surface area contributed by atoms with Crippen LogP contribution >= 0.6 is 34.3 Å². The standard InChI is InChI=1S/C38H22ClNS2/c39-25-11-15-32-34-22-28(14-18-37(34)42-38(32)20-25)40(27-13-17-36-33(21-27)31-7-3-4-8-35(31)41-36)26-12-16-30-24(19-26)10-9-23-5-1-2-6-29(23)30/h1-22H. The van der Waals surface area contributed by atoms with Crippen molar-refractivity contribution in [3.63, 3.8) is 0 Å². The predicted octanol–water partition coefficient (Wildman–Crippen LogP) is 12.9. The van der Waals surface area contributed by atoms with Gasteiger partial charge in [-0.15, -0.1) is 22.7 Å². The Labute approximate surface area is 255 Å². The molecule has 0 saturated heterocycles. The predicted molar refractivity (Wildman–Crippen MR) is 187 cm³/mol. The highest BCUT2D eigenvalue weighted by Crippen LogP contribution is 2.44. The maximum absolute atomic E-state index is 6.35. The van der Waals surface area contributed by atoms with E-state index in [1.54, 1.807) is 11.3 Å². The van der Waals surface area contributed by atoms with Crippen molar-refractivity contribution in [1.82, 2.24) is 0 Å². The topological polar surface area (TPSA) is 3.24 Å². The highest BCUT2D eigenvalue weighted by atomic mass is 35.5. The molecule has 1 nitrogen and oxygen atoms in total. The molecule has 4 heteroatoms. The zero-order valence-electron chi connectivity index (χ0n) is 22.3. The van der Waals surface area contributed by atoms with Crippen molar-refractivity contribution in [2.24, 2.45) is 0 Å². The molecule has 7 aromatic carbocycles. The molecule has 0 aliphatic heterocycles. The molecule has 0 amide bonds. The first kappa shape index (κ1) is 24.2. The second-order valence-corrected chi connectivity index (χ2v) is 13.3. The van der Waals surface area contributed by atoms with E-state index in [4.69, 9.17) is 11.6 Å². The summed E-state index contributed by atoms with van der Waals surface area (Å²) in [4.78, 5) is 2.40. The Hall–Kier alpha value is -4.41. The normalized spacial score (nSPS) is 11.9. The monoisotopic (exact) mass is 591 g/mol. The van der Waals surface area contributed by atoms with Crippen LogP contribution in [0.5, 0.6) is 0 Å². The van der Waals surface area contributed by atoms with Gasteiger partial charge in [-0.3, -0.25) is 0 Å². The zero-order chi connectivity index (χ0) is 27.8. The summed E-state index contributed by atoms with van der Waals surface area (Å²) in [6, 6.07) is 48.6. The number of anilines is 3. The van der Waals surface area contributed by atoms with Crippen molar-refractivity contribution in [2.45, 2.75) is 0 Å². The molecule has 2 aromatic heterocycles. The van der Waals surface area contributed by atoms with Crippen LogP contribution in [0.15, 0.2) is 133 Å². The molecule has 9 rings (SSSR count). The number of benzene rings is 7. The van der Waals surface area contributed by atoms with Crippen LogP contribution < -0.4 is 4.90 Å². The molecular formula is C38H22ClNS2. The third kappa shape index (κ3) is 3.75. The first-order chi connectivity index (χ1) is 20.7. The number of thiophene rings is 2. The van der Waals surface area contributed by atoms with Crippen molar-refractivity contribution < 1.29 is 0 Å². The van der Waals surface area contributed by atoms with Crippen molar-refractivity contribution >= 4 is 113 Å². The van der Waals surface area contributed by atoms with Crippen LogP contribution in [-0.4, -0.2) is 0 Å². The van der Waals surface area contributed by atoms with Crippen LogP contribution in [0.2, 0.25) is 5.02 Å². The van der Waals surface area contributed by atoms with E-state index < -0.39 is 0 Å². The van der Waals surface area contributed by atoms with Gasteiger partial charge < -0.3 is 4.90 Å². The van der Waals surface area contributed by atoms with Crippen molar-refractivity contribution in [2.75, 3.05) is 4.90 Å². The lowest BCUT2D eigenvalue weighted by Crippen LogP contribution is -2.09. The summed E-state index contributed by atoms with van der Waals surface area (Å²) >= 11 is 10.00. The molecule has 2 heterocycles. The maximum atomic E-state index is 6.35. The van der Waals surface area contributed by atoms with Gasteiger partial charge in [0.1, 0.15) is 0 Å². The lowest BCUT2D eigenvalue weighted by molar-refractivity contribution is 1.30. The van der Waals surface area contributed by atoms with Gasteiger partial charge in [-0.2, -0.15) is 0 Å². The van der Waals surface area contributed by atoms with Gasteiger partial charge in [0.25, 0.3) is 0 Å². The molecule has 0 bridgehead atoms. The van der Waals surface area contributed by atoms with Crippen LogP contribution in [0.4, 0.5) is 17.1 Å². The Morgan fingerprint density at radius 2 is 0.929 bits per heavy atom. The highest BCUT2D eigenvalue weighted by Gasteiger charge is 2.17. The third-order valence-corrected chi connectivity index (χ3v) is 10.8. The SMILES string of the molecule is Clc1ccc2c(c1)sc1ccc(N(c3ccc4c(ccc5ccccc54)c3)c3ccc4sc5ccccc5c4c3)cc12. The quantitative estimate of drug-likeness (QED) is 0.185. The van der Waals surface area contributed by atoms with Gasteiger partial charge in [-0.1, -0.05) is 78.3 Å². The zero-order valence-corrected chi connectivity index (χ0v) is 24.7. The largest absolute Gasteiger partial charge is 0.310 e. The fraction of sp³-hybridized carbons (Fsp3) is 0. The molecule has 0 radical (unpaired) electrons. The summed E-state index contributed by atoms with van der Waals surface area (Å²) in [5.41, 5.74) is 3.42. The number of nitrogens with zero attached hydrogens (tertiary/aromatic N) is 1. The summed E-state index contributed by atoms with van der Waals surface area (Å²) in [5.74, 6) is 0. The van der Waals surface area contributed by atoms with Gasteiger partial charge >= 0.3 is 0 Å². The fourth-order valence-electron chi connectivity index (χ4n) is 6.32. The van der Waals surface area contributed by atoms with Crippen molar-refractivity contribution in [1.29, 1.82) is 0 Å². The Morgan fingerprint density at radius 3 is 1.74 bits per heavy atom. The average Bonchev–Trinajstić information content (AvgIpc) is 3.58. The summed E-state index contributed by atoms with van der Waals surface area (Å²) in [7, 11) is 0. The summed E-state index contributed by atoms with van der Waals surface area (Å²) in [6.07, 6.45) is 0. The van der Waals surface area contributed by atoms with Crippen LogP contribution in [0.1, 0.15) is 0 Å². The van der Waals surface area contributed by atoms with Crippen LogP contribution in [-0.2, 0) is 0 Å². The van der Waals surface area contributed by atoms with E-state index in [0.717, 1.165) is 22.1 Å². The van der Waals surface area contributed by atoms with E-state index in [1.807, 2.05) is 17.4 Å². The number of hydrogen-bond acceptors (Lipinski definition) is 3. The molecule has 0 unspecified atom stereocenters. The van der Waals surface area contributed by atoms with E-state index in [-0.39, 0.29) is 0 Å². The Bertz CT molecular complexity index is 2500. The number of halogens is 1. The van der Waals surface area contributed by atoms with Gasteiger partial charge in [0, 0.05) is 62.4 Å². The lowest BCUT2D eigenvalue weighted by Gasteiger charge is -2.26. The summed E-state index contributed by atoms with van der Waals surface area (Å²) < 4.78 is 5.10. The molecule has 0 N–H and O–H groups in total. The van der Waals surface area contributed by atoms with E-state index in [2.05, 4.69) is 132 Å². The molecule has 0 aliphatic rings. The van der Waals surface area contributed by atoms with Gasteiger partial charge in [0.05, 0.1) is 0 Å². The molecule has 0 aliphatic carbocycles. The van der Waals surface area contributed by atoms with Crippen LogP contribution in [0, 0.1) is 0 Å². The Balaban J connectivity index is 1.30.